The number of pyridine rings is 1. The molecule has 0 radical (unpaired) electrons. The van der Waals surface area contributed by atoms with E-state index in [-0.39, 0.29) is 0 Å². The predicted molar refractivity (Wildman–Crippen MR) is 288 cm³/mol. The van der Waals surface area contributed by atoms with E-state index < -0.39 is 0 Å². The molecule has 0 bridgehead atoms. The number of hydrogen-bond acceptors (Lipinski definition) is 4. The molecule has 0 saturated heterocycles. The van der Waals surface area contributed by atoms with Crippen molar-refractivity contribution in [2.24, 2.45) is 0 Å². The fourth-order valence-corrected chi connectivity index (χ4v) is 11.0. The second kappa shape index (κ2) is 15.0. The minimum Gasteiger partial charge on any atom is -0.456 e. The second-order valence-corrected chi connectivity index (χ2v) is 18.2. The van der Waals surface area contributed by atoms with Crippen molar-refractivity contribution in [1.29, 1.82) is 0 Å². The molecule has 0 saturated carbocycles. The first-order chi connectivity index (χ1) is 34.7. The Balaban J connectivity index is 0.879. The Labute approximate surface area is 400 Å². The number of nitrogens with zero attached hydrogens (tertiary/aromatic N) is 2. The minimum atomic E-state index is 0.808. The highest BCUT2D eigenvalue weighted by Gasteiger charge is 2.21. The molecular weight excluding hydrogens is 857 g/mol. The lowest BCUT2D eigenvalue weighted by Crippen LogP contribution is -1.92. The molecule has 0 aliphatic carbocycles. The molecule has 0 spiro atoms. The van der Waals surface area contributed by atoms with Crippen molar-refractivity contribution < 1.29 is 13.3 Å². The van der Waals surface area contributed by atoms with Crippen LogP contribution in [0.2, 0.25) is 0 Å². The second-order valence-electron chi connectivity index (χ2n) is 18.2. The number of benzene rings is 10. The maximum Gasteiger partial charge on any atom is 0.143 e. The van der Waals surface area contributed by atoms with Gasteiger partial charge in [0.15, 0.2) is 0 Å². The molecule has 0 aliphatic heterocycles. The van der Waals surface area contributed by atoms with E-state index in [2.05, 4.69) is 217 Å². The van der Waals surface area contributed by atoms with Gasteiger partial charge >= 0.3 is 0 Å². The van der Waals surface area contributed by atoms with Crippen molar-refractivity contribution in [3.63, 3.8) is 0 Å². The van der Waals surface area contributed by atoms with Crippen LogP contribution in [0.1, 0.15) is 0 Å². The van der Waals surface area contributed by atoms with Gasteiger partial charge in [-0.2, -0.15) is 0 Å². The first kappa shape index (κ1) is 38.6. The molecule has 0 fully saturated rings. The van der Waals surface area contributed by atoms with Crippen LogP contribution < -0.4 is 0 Å². The third kappa shape index (κ3) is 5.88. The van der Waals surface area contributed by atoms with Gasteiger partial charge < -0.3 is 17.8 Å². The van der Waals surface area contributed by atoms with Crippen LogP contribution in [-0.4, -0.2) is 9.55 Å². The number of hydrogen-bond donors (Lipinski definition) is 0. The Morgan fingerprint density at radius 2 is 0.871 bits per heavy atom. The summed E-state index contributed by atoms with van der Waals surface area (Å²) in [5.74, 6) is 0. The van der Waals surface area contributed by atoms with Crippen LogP contribution in [0.15, 0.2) is 244 Å². The van der Waals surface area contributed by atoms with E-state index in [1.54, 1.807) is 0 Å². The van der Waals surface area contributed by atoms with Gasteiger partial charge in [0.25, 0.3) is 0 Å². The summed E-state index contributed by atoms with van der Waals surface area (Å²) in [5.41, 5.74) is 18.8. The minimum absolute atomic E-state index is 0.808. The number of rotatable bonds is 6. The summed E-state index contributed by atoms with van der Waals surface area (Å²) in [7, 11) is 0. The van der Waals surface area contributed by atoms with Crippen LogP contribution in [0.25, 0.3) is 149 Å². The van der Waals surface area contributed by atoms with Crippen LogP contribution in [-0.2, 0) is 0 Å². The number of aromatic nitrogens is 2. The Kier molecular flexibility index (Phi) is 8.29. The van der Waals surface area contributed by atoms with Crippen LogP contribution in [0.5, 0.6) is 0 Å². The highest BCUT2D eigenvalue weighted by atomic mass is 16.3. The quantitative estimate of drug-likeness (QED) is 0.167. The molecule has 0 amide bonds. The molecule has 5 aromatic heterocycles. The molecule has 10 aromatic carbocycles. The molecule has 0 atom stereocenters. The third-order valence-corrected chi connectivity index (χ3v) is 14.2. The molecule has 15 aromatic rings. The molecule has 15 rings (SSSR count). The van der Waals surface area contributed by atoms with Crippen LogP contribution in [0.4, 0.5) is 0 Å². The Morgan fingerprint density at radius 1 is 0.286 bits per heavy atom. The largest absolute Gasteiger partial charge is 0.456 e. The maximum absolute atomic E-state index is 6.89. The summed E-state index contributed by atoms with van der Waals surface area (Å²) >= 11 is 0. The van der Waals surface area contributed by atoms with E-state index in [4.69, 9.17) is 18.2 Å². The fraction of sp³-hybridized carbons (Fsp3) is 0. The van der Waals surface area contributed by atoms with Gasteiger partial charge in [-0.3, -0.25) is 0 Å². The van der Waals surface area contributed by atoms with E-state index in [1.165, 1.54) is 21.8 Å². The van der Waals surface area contributed by atoms with Gasteiger partial charge in [0.05, 0.1) is 22.4 Å². The summed E-state index contributed by atoms with van der Waals surface area (Å²) in [4.78, 5) is 5.38. The van der Waals surface area contributed by atoms with Gasteiger partial charge in [-0.25, -0.2) is 4.98 Å². The van der Waals surface area contributed by atoms with Crippen LogP contribution in [0, 0.1) is 0 Å². The first-order valence-electron chi connectivity index (χ1n) is 23.7. The van der Waals surface area contributed by atoms with Crippen molar-refractivity contribution in [2.75, 3.05) is 0 Å². The van der Waals surface area contributed by atoms with Crippen molar-refractivity contribution in [3.05, 3.63) is 231 Å². The molecule has 5 heteroatoms. The van der Waals surface area contributed by atoms with Crippen LogP contribution >= 0.6 is 0 Å². The van der Waals surface area contributed by atoms with E-state index >= 15 is 0 Å². The summed E-state index contributed by atoms with van der Waals surface area (Å²) in [6.45, 7) is 0. The zero-order chi connectivity index (χ0) is 45.9. The van der Waals surface area contributed by atoms with E-state index in [1.807, 2.05) is 18.2 Å². The van der Waals surface area contributed by atoms with Gasteiger partial charge in [-0.15, -0.1) is 0 Å². The number of furan rings is 3. The zero-order valence-corrected chi connectivity index (χ0v) is 37.6. The molecule has 5 heterocycles. The van der Waals surface area contributed by atoms with Gasteiger partial charge in [-0.1, -0.05) is 146 Å². The fourth-order valence-electron chi connectivity index (χ4n) is 11.0. The summed E-state index contributed by atoms with van der Waals surface area (Å²) in [6, 6.07) is 81.3. The van der Waals surface area contributed by atoms with Crippen molar-refractivity contribution in [2.45, 2.75) is 0 Å². The van der Waals surface area contributed by atoms with Gasteiger partial charge in [0.2, 0.25) is 0 Å². The molecule has 5 nitrogen and oxygen atoms in total. The summed E-state index contributed by atoms with van der Waals surface area (Å²) in [5, 5.41) is 8.83. The van der Waals surface area contributed by atoms with Crippen LogP contribution in [0.3, 0.4) is 0 Å². The van der Waals surface area contributed by atoms with Crippen molar-refractivity contribution >= 4 is 87.6 Å². The standard InChI is InChI=1S/C65H38N2O3/c1-3-14-39(15-4-1)54-36-43(40-28-31-49-48-19-8-10-25-58(48)69-62(49)38-40)37-55(66-54)50-22-13-26-60-64(50)53-35-41(30-33-59(53)68-60)45-20-12-27-61-63(45)51-23-11-21-46(65(51)70-61)42-29-32-57-52(34-42)47-18-7-9-24-56(47)67(57)44-16-5-2-6-17-44/h1-38H. The average Bonchev–Trinajstić information content (AvgIpc) is 4.19. The van der Waals surface area contributed by atoms with Gasteiger partial charge in [-0.05, 0) is 113 Å². The molecule has 70 heavy (non-hydrogen) atoms. The smallest absolute Gasteiger partial charge is 0.143 e. The lowest BCUT2D eigenvalue weighted by molar-refractivity contribution is 0.668. The van der Waals surface area contributed by atoms with E-state index in [0.717, 1.165) is 127 Å². The summed E-state index contributed by atoms with van der Waals surface area (Å²) in [6.07, 6.45) is 0. The molecule has 0 unspecified atom stereocenters. The highest BCUT2D eigenvalue weighted by Crippen LogP contribution is 2.45. The highest BCUT2D eigenvalue weighted by molar-refractivity contribution is 6.19. The molecule has 0 N–H and O–H groups in total. The predicted octanol–water partition coefficient (Wildman–Crippen LogP) is 18.2. The zero-order valence-electron chi connectivity index (χ0n) is 37.6. The molecular formula is C65H38N2O3. The lowest BCUT2D eigenvalue weighted by Gasteiger charge is -2.11. The first-order valence-corrected chi connectivity index (χ1v) is 23.7. The number of para-hydroxylation sites is 4. The topological polar surface area (TPSA) is 57.2 Å². The monoisotopic (exact) mass is 894 g/mol. The summed E-state index contributed by atoms with van der Waals surface area (Å²) < 4.78 is 22.3. The van der Waals surface area contributed by atoms with Gasteiger partial charge in [0, 0.05) is 65.5 Å². The maximum atomic E-state index is 6.89. The lowest BCUT2D eigenvalue weighted by atomic mass is 9.94. The average molecular weight is 895 g/mol. The number of fused-ring (bicyclic) bond motifs is 12. The third-order valence-electron chi connectivity index (χ3n) is 14.2. The SMILES string of the molecule is c1ccc(-c2cc(-c3ccc4c(c3)oc3ccccc34)cc(-c3cccc4oc5ccc(-c6cccc7oc8c(-c9ccc%10c(c9)c9ccccc9n%10-c9ccccc9)cccc8c67)cc5c34)n2)cc1. The normalized spacial score (nSPS) is 12.0. The van der Waals surface area contributed by atoms with Crippen molar-refractivity contribution in [1.82, 2.24) is 9.55 Å². The molecule has 326 valence electrons. The van der Waals surface area contributed by atoms with E-state index in [9.17, 15) is 0 Å². The Hall–Kier alpha value is -9.45. The molecule has 0 aliphatic rings. The van der Waals surface area contributed by atoms with Gasteiger partial charge in [0.1, 0.15) is 33.5 Å². The Bertz CT molecular complexity index is 4590. The Morgan fingerprint density at radius 3 is 1.76 bits per heavy atom. The van der Waals surface area contributed by atoms with E-state index in [0.29, 0.717) is 0 Å². The van der Waals surface area contributed by atoms with Crippen molar-refractivity contribution in [3.8, 4) is 61.6 Å².